The van der Waals surface area contributed by atoms with Crippen molar-refractivity contribution in [3.63, 3.8) is 0 Å². The van der Waals surface area contributed by atoms with Crippen molar-refractivity contribution in [2.45, 2.75) is 64.1 Å². The third kappa shape index (κ3) is 7.51. The number of rotatable bonds is 10. The van der Waals surface area contributed by atoms with Gasteiger partial charge in [0.15, 0.2) is 0 Å². The Morgan fingerprint density at radius 3 is 2.36 bits per heavy atom. The first kappa shape index (κ1) is 20.9. The van der Waals surface area contributed by atoms with Gasteiger partial charge in [-0.05, 0) is 38.1 Å². The summed E-state index contributed by atoms with van der Waals surface area (Å²) in [6.07, 6.45) is 1.63. The van der Waals surface area contributed by atoms with E-state index in [2.05, 4.69) is 16.0 Å². The van der Waals surface area contributed by atoms with Crippen LogP contribution in [0.25, 0.3) is 0 Å². The normalized spacial score (nSPS) is 19.2. The maximum Gasteiger partial charge on any atom is 0.303 e. The summed E-state index contributed by atoms with van der Waals surface area (Å²) in [6.45, 7) is 4.59. The van der Waals surface area contributed by atoms with Crippen LogP contribution in [0.1, 0.15) is 46.0 Å². The van der Waals surface area contributed by atoms with Crippen LogP contribution in [0.4, 0.5) is 0 Å². The Hall–Kier alpha value is -2.16. The van der Waals surface area contributed by atoms with Crippen molar-refractivity contribution in [2.24, 2.45) is 11.7 Å². The zero-order valence-corrected chi connectivity index (χ0v) is 14.7. The Morgan fingerprint density at radius 1 is 1.20 bits per heavy atom. The summed E-state index contributed by atoms with van der Waals surface area (Å²) in [6, 6.07) is -2.21. The van der Waals surface area contributed by atoms with Gasteiger partial charge >= 0.3 is 5.97 Å². The van der Waals surface area contributed by atoms with Gasteiger partial charge in [-0.2, -0.15) is 0 Å². The van der Waals surface area contributed by atoms with Crippen molar-refractivity contribution in [3.8, 4) is 0 Å². The zero-order valence-electron chi connectivity index (χ0n) is 14.7. The summed E-state index contributed by atoms with van der Waals surface area (Å²) in [4.78, 5) is 46.8. The van der Waals surface area contributed by atoms with Crippen molar-refractivity contribution < 1.29 is 24.3 Å². The number of primary amides is 1. The second-order valence-corrected chi connectivity index (χ2v) is 6.74. The minimum absolute atomic E-state index is 0.0943. The smallest absolute Gasteiger partial charge is 0.303 e. The molecule has 1 aliphatic heterocycles. The first-order chi connectivity index (χ1) is 11.7. The van der Waals surface area contributed by atoms with Crippen LogP contribution in [0.5, 0.6) is 0 Å². The molecule has 0 aromatic heterocycles. The van der Waals surface area contributed by atoms with Crippen molar-refractivity contribution in [1.29, 1.82) is 0 Å². The molecule has 9 heteroatoms. The fourth-order valence-electron chi connectivity index (χ4n) is 2.71. The van der Waals surface area contributed by atoms with Crippen LogP contribution in [-0.2, 0) is 19.2 Å². The van der Waals surface area contributed by atoms with E-state index in [1.54, 1.807) is 0 Å². The number of hydrogen-bond donors (Lipinski definition) is 5. The molecule has 1 rings (SSSR count). The zero-order chi connectivity index (χ0) is 19.0. The standard InChI is InChI=1S/C16H28N4O5/c1-9(2)8-12(20-15(24)11-4-3-7-18-11)16(25)19-10(14(17)23)5-6-13(21)22/h9-12,18H,3-8H2,1-2H3,(H2,17,23)(H,19,25)(H,20,24)(H,21,22)/t10-,11-,12-/m0/s1. The lowest BCUT2D eigenvalue weighted by Gasteiger charge is -2.24. The first-order valence-corrected chi connectivity index (χ1v) is 8.56. The predicted octanol–water partition coefficient (Wildman–Crippen LogP) is -0.896. The number of amides is 3. The number of hydrogen-bond acceptors (Lipinski definition) is 5. The van der Waals surface area contributed by atoms with Gasteiger partial charge in [0, 0.05) is 6.42 Å². The molecule has 6 N–H and O–H groups in total. The van der Waals surface area contributed by atoms with Gasteiger partial charge in [0.2, 0.25) is 17.7 Å². The summed E-state index contributed by atoms with van der Waals surface area (Å²) in [7, 11) is 0. The van der Waals surface area contributed by atoms with Crippen LogP contribution in [-0.4, -0.2) is 53.5 Å². The van der Waals surface area contributed by atoms with Gasteiger partial charge in [0.25, 0.3) is 0 Å². The van der Waals surface area contributed by atoms with Crippen molar-refractivity contribution in [3.05, 3.63) is 0 Å². The van der Waals surface area contributed by atoms with Crippen LogP contribution in [0.15, 0.2) is 0 Å². The quantitative estimate of drug-likeness (QED) is 0.342. The Kier molecular flexibility index (Phi) is 8.33. The van der Waals surface area contributed by atoms with Crippen LogP contribution >= 0.6 is 0 Å². The van der Waals surface area contributed by atoms with Crippen LogP contribution in [0.3, 0.4) is 0 Å². The molecule has 0 spiro atoms. The number of nitrogens with two attached hydrogens (primary N) is 1. The fourth-order valence-corrected chi connectivity index (χ4v) is 2.71. The first-order valence-electron chi connectivity index (χ1n) is 8.56. The van der Waals surface area contributed by atoms with Gasteiger partial charge in [0.05, 0.1) is 6.04 Å². The van der Waals surface area contributed by atoms with Gasteiger partial charge in [-0.1, -0.05) is 13.8 Å². The SMILES string of the molecule is CC(C)C[C@H](NC(=O)[C@@H]1CCCN1)C(=O)N[C@@H](CCC(=O)O)C(N)=O. The Morgan fingerprint density at radius 2 is 1.88 bits per heavy atom. The molecule has 0 aromatic rings. The third-order valence-corrected chi connectivity index (χ3v) is 4.02. The average Bonchev–Trinajstić information content (AvgIpc) is 3.03. The predicted molar refractivity (Wildman–Crippen MR) is 90.4 cm³/mol. The topological polar surface area (TPSA) is 151 Å². The molecule has 1 saturated heterocycles. The van der Waals surface area contributed by atoms with E-state index in [0.717, 1.165) is 13.0 Å². The monoisotopic (exact) mass is 356 g/mol. The summed E-state index contributed by atoms with van der Waals surface area (Å²) >= 11 is 0. The van der Waals surface area contributed by atoms with E-state index < -0.39 is 29.9 Å². The number of carboxylic acid groups (broad SMARTS) is 1. The third-order valence-electron chi connectivity index (χ3n) is 4.02. The summed E-state index contributed by atoms with van der Waals surface area (Å²) in [5, 5.41) is 17.0. The number of nitrogens with one attached hydrogen (secondary N) is 3. The average molecular weight is 356 g/mol. The van der Waals surface area contributed by atoms with Crippen molar-refractivity contribution >= 4 is 23.7 Å². The Labute approximate surface area is 147 Å². The van der Waals surface area contributed by atoms with E-state index >= 15 is 0 Å². The summed E-state index contributed by atoms with van der Waals surface area (Å²) < 4.78 is 0. The second-order valence-electron chi connectivity index (χ2n) is 6.74. The molecule has 25 heavy (non-hydrogen) atoms. The van der Waals surface area contributed by atoms with Crippen LogP contribution in [0.2, 0.25) is 0 Å². The number of carbonyl (C=O) groups excluding carboxylic acids is 3. The molecular formula is C16H28N4O5. The lowest BCUT2D eigenvalue weighted by molar-refractivity contribution is -0.138. The van der Waals surface area contributed by atoms with E-state index in [1.165, 1.54) is 0 Å². The molecule has 142 valence electrons. The molecule has 0 unspecified atom stereocenters. The molecule has 1 aliphatic rings. The lowest BCUT2D eigenvalue weighted by Crippen LogP contribution is -2.55. The van der Waals surface area contributed by atoms with Crippen molar-refractivity contribution in [1.82, 2.24) is 16.0 Å². The highest BCUT2D eigenvalue weighted by Gasteiger charge is 2.29. The molecule has 0 aromatic carbocycles. The molecule has 0 saturated carbocycles. The molecule has 3 amide bonds. The van der Waals surface area contributed by atoms with Crippen LogP contribution < -0.4 is 21.7 Å². The van der Waals surface area contributed by atoms with Crippen molar-refractivity contribution in [2.75, 3.05) is 6.54 Å². The number of carboxylic acids is 1. The van der Waals surface area contributed by atoms with Gasteiger partial charge in [0.1, 0.15) is 12.1 Å². The minimum atomic E-state index is -1.08. The van der Waals surface area contributed by atoms with E-state index in [0.29, 0.717) is 12.8 Å². The van der Waals surface area contributed by atoms with Gasteiger partial charge in [-0.25, -0.2) is 0 Å². The fraction of sp³-hybridized carbons (Fsp3) is 0.750. The van der Waals surface area contributed by atoms with E-state index in [9.17, 15) is 19.2 Å². The maximum absolute atomic E-state index is 12.5. The number of carbonyl (C=O) groups is 4. The molecule has 9 nitrogen and oxygen atoms in total. The highest BCUT2D eigenvalue weighted by atomic mass is 16.4. The van der Waals surface area contributed by atoms with E-state index in [1.807, 2.05) is 13.8 Å². The molecule has 1 heterocycles. The lowest BCUT2D eigenvalue weighted by atomic mass is 10.0. The highest BCUT2D eigenvalue weighted by molar-refractivity contribution is 5.92. The summed E-state index contributed by atoms with van der Waals surface area (Å²) in [5.41, 5.74) is 5.23. The van der Waals surface area contributed by atoms with Gasteiger partial charge < -0.3 is 26.8 Å². The Bertz CT molecular complexity index is 503. The molecule has 0 radical (unpaired) electrons. The van der Waals surface area contributed by atoms with Gasteiger partial charge in [-0.3, -0.25) is 19.2 Å². The maximum atomic E-state index is 12.5. The Balaban J connectivity index is 2.71. The van der Waals surface area contributed by atoms with E-state index in [-0.39, 0.29) is 30.7 Å². The van der Waals surface area contributed by atoms with Gasteiger partial charge in [-0.15, -0.1) is 0 Å². The second kappa shape index (κ2) is 9.97. The largest absolute Gasteiger partial charge is 0.481 e. The molecule has 0 aliphatic carbocycles. The number of aliphatic carboxylic acids is 1. The summed E-state index contributed by atoms with van der Waals surface area (Å²) in [5.74, 6) is -2.53. The molecule has 3 atom stereocenters. The van der Waals surface area contributed by atoms with Crippen LogP contribution in [0, 0.1) is 5.92 Å². The van der Waals surface area contributed by atoms with E-state index in [4.69, 9.17) is 10.8 Å². The highest BCUT2D eigenvalue weighted by Crippen LogP contribution is 2.09. The molecule has 1 fully saturated rings. The molecular weight excluding hydrogens is 328 g/mol. The molecule has 0 bridgehead atoms. The minimum Gasteiger partial charge on any atom is -0.481 e.